The monoisotopic (exact) mass is 339 g/mol. The van der Waals surface area contributed by atoms with Gasteiger partial charge in [-0.15, -0.1) is 0 Å². The number of hydrogen-bond donors (Lipinski definition) is 1. The molecule has 0 radical (unpaired) electrons. The summed E-state index contributed by atoms with van der Waals surface area (Å²) in [5, 5.41) is 2.20. The fraction of sp³-hybridized carbons (Fsp3) is 0.588. The van der Waals surface area contributed by atoms with Crippen molar-refractivity contribution < 1.29 is 22.9 Å². The number of amides is 1. The molecule has 0 aromatic heterocycles. The third-order valence-corrected chi connectivity index (χ3v) is 4.66. The summed E-state index contributed by atoms with van der Waals surface area (Å²) in [5.74, 6) is -0.418. The van der Waals surface area contributed by atoms with Crippen LogP contribution in [0.4, 0.5) is 8.78 Å². The van der Waals surface area contributed by atoms with Gasteiger partial charge in [-0.3, -0.25) is 4.79 Å². The van der Waals surface area contributed by atoms with Crippen molar-refractivity contribution in [3.8, 4) is 0 Å². The molecule has 1 aliphatic heterocycles. The molecule has 0 bridgehead atoms. The SMILES string of the molecule is Cc1cc(CC(=O)NCC(F)F)ccc1B1OC(C)(C)C(C)(C)O1. The first-order valence-electron chi connectivity index (χ1n) is 8.02. The molecule has 0 spiro atoms. The van der Waals surface area contributed by atoms with Gasteiger partial charge >= 0.3 is 7.12 Å². The van der Waals surface area contributed by atoms with E-state index in [0.29, 0.717) is 0 Å². The minimum atomic E-state index is -2.54. The van der Waals surface area contributed by atoms with E-state index in [1.807, 2.05) is 46.8 Å². The minimum absolute atomic E-state index is 0.0667. The van der Waals surface area contributed by atoms with Crippen molar-refractivity contribution >= 4 is 18.5 Å². The Kier molecular flexibility index (Phi) is 5.35. The van der Waals surface area contributed by atoms with Crippen LogP contribution in [-0.4, -0.2) is 37.2 Å². The highest BCUT2D eigenvalue weighted by Gasteiger charge is 2.52. The lowest BCUT2D eigenvalue weighted by molar-refractivity contribution is -0.121. The van der Waals surface area contributed by atoms with E-state index in [1.54, 1.807) is 6.07 Å². The summed E-state index contributed by atoms with van der Waals surface area (Å²) in [6.45, 7) is 9.26. The second kappa shape index (κ2) is 6.80. The van der Waals surface area contributed by atoms with Crippen LogP contribution in [0.25, 0.3) is 0 Å². The Morgan fingerprint density at radius 3 is 2.29 bits per heavy atom. The van der Waals surface area contributed by atoms with Crippen LogP contribution in [0.3, 0.4) is 0 Å². The van der Waals surface area contributed by atoms with Crippen LogP contribution in [0.1, 0.15) is 38.8 Å². The van der Waals surface area contributed by atoms with Crippen LogP contribution in [-0.2, 0) is 20.5 Å². The maximum absolute atomic E-state index is 12.1. The van der Waals surface area contributed by atoms with E-state index >= 15 is 0 Å². The molecule has 0 aliphatic carbocycles. The summed E-state index contributed by atoms with van der Waals surface area (Å²) < 4.78 is 36.3. The van der Waals surface area contributed by atoms with Crippen molar-refractivity contribution in [2.24, 2.45) is 0 Å². The molecule has 1 aromatic carbocycles. The van der Waals surface area contributed by atoms with E-state index in [0.717, 1.165) is 16.6 Å². The summed E-state index contributed by atoms with van der Waals surface area (Å²) in [5.41, 5.74) is 1.77. The third-order valence-electron chi connectivity index (χ3n) is 4.66. The van der Waals surface area contributed by atoms with Gasteiger partial charge in [-0.25, -0.2) is 8.78 Å². The molecule has 1 N–H and O–H groups in total. The predicted molar refractivity (Wildman–Crippen MR) is 89.6 cm³/mol. The average Bonchev–Trinajstić information content (AvgIpc) is 2.65. The lowest BCUT2D eigenvalue weighted by Gasteiger charge is -2.32. The van der Waals surface area contributed by atoms with Crippen molar-refractivity contribution in [2.45, 2.75) is 58.7 Å². The highest BCUT2D eigenvalue weighted by atomic mass is 19.3. The van der Waals surface area contributed by atoms with Gasteiger partial charge in [0, 0.05) is 0 Å². The Bertz CT molecular complexity index is 604. The number of carbonyl (C=O) groups excluding carboxylic acids is 1. The zero-order valence-corrected chi connectivity index (χ0v) is 14.8. The van der Waals surface area contributed by atoms with E-state index in [4.69, 9.17) is 9.31 Å². The molecule has 1 amide bonds. The highest BCUT2D eigenvalue weighted by molar-refractivity contribution is 6.62. The first-order chi connectivity index (χ1) is 11.0. The zero-order valence-electron chi connectivity index (χ0n) is 14.8. The predicted octanol–water partition coefficient (Wildman–Crippen LogP) is 2.22. The fourth-order valence-corrected chi connectivity index (χ4v) is 2.52. The van der Waals surface area contributed by atoms with Gasteiger partial charge in [0.15, 0.2) is 0 Å². The first-order valence-corrected chi connectivity index (χ1v) is 8.02. The van der Waals surface area contributed by atoms with Crippen molar-refractivity contribution in [1.82, 2.24) is 5.32 Å². The van der Waals surface area contributed by atoms with Crippen molar-refractivity contribution in [2.75, 3.05) is 6.54 Å². The number of carbonyl (C=O) groups is 1. The zero-order chi connectivity index (χ0) is 18.1. The second-order valence-electron chi connectivity index (χ2n) is 7.15. The van der Waals surface area contributed by atoms with Gasteiger partial charge in [0.1, 0.15) is 0 Å². The van der Waals surface area contributed by atoms with Gasteiger partial charge in [0.05, 0.1) is 24.2 Å². The normalized spacial score (nSPS) is 18.9. The molecule has 4 nitrogen and oxygen atoms in total. The van der Waals surface area contributed by atoms with Crippen molar-refractivity contribution in [3.05, 3.63) is 29.3 Å². The molecule has 1 aromatic rings. The molecular weight excluding hydrogens is 315 g/mol. The molecule has 1 heterocycles. The Balaban J connectivity index is 2.07. The number of hydrogen-bond acceptors (Lipinski definition) is 3. The summed E-state index contributed by atoms with van der Waals surface area (Å²) in [6, 6.07) is 5.53. The number of halogens is 2. The fourth-order valence-electron chi connectivity index (χ4n) is 2.52. The molecular formula is C17H24BF2NO3. The van der Waals surface area contributed by atoms with Crippen LogP contribution in [0.15, 0.2) is 18.2 Å². The number of alkyl halides is 2. The van der Waals surface area contributed by atoms with Crippen LogP contribution in [0.5, 0.6) is 0 Å². The quantitative estimate of drug-likeness (QED) is 0.837. The molecule has 1 fully saturated rings. The van der Waals surface area contributed by atoms with Crippen LogP contribution >= 0.6 is 0 Å². The topological polar surface area (TPSA) is 47.6 Å². The molecule has 7 heteroatoms. The van der Waals surface area contributed by atoms with Crippen LogP contribution < -0.4 is 10.8 Å². The molecule has 1 saturated heterocycles. The summed E-state index contributed by atoms with van der Waals surface area (Å²) in [7, 11) is -0.461. The van der Waals surface area contributed by atoms with Crippen LogP contribution in [0.2, 0.25) is 0 Å². The average molecular weight is 339 g/mol. The Morgan fingerprint density at radius 2 is 1.79 bits per heavy atom. The third kappa shape index (κ3) is 4.13. The number of rotatable bonds is 5. The van der Waals surface area contributed by atoms with Gasteiger partial charge in [-0.1, -0.05) is 23.8 Å². The highest BCUT2D eigenvalue weighted by Crippen LogP contribution is 2.36. The molecule has 2 rings (SSSR count). The summed E-state index contributed by atoms with van der Waals surface area (Å²) in [4.78, 5) is 11.6. The van der Waals surface area contributed by atoms with Crippen LogP contribution in [0, 0.1) is 6.92 Å². The standard InChI is InChI=1S/C17H24BF2NO3/c1-11-8-12(9-15(22)21-10-14(19)20)6-7-13(11)18-23-16(2,3)17(4,5)24-18/h6-8,14H,9-10H2,1-5H3,(H,21,22). The second-order valence-corrected chi connectivity index (χ2v) is 7.15. The van der Waals surface area contributed by atoms with Gasteiger partial charge in [-0.2, -0.15) is 0 Å². The Morgan fingerprint density at radius 1 is 1.21 bits per heavy atom. The maximum atomic E-state index is 12.1. The van der Waals surface area contributed by atoms with Gasteiger partial charge < -0.3 is 14.6 Å². The van der Waals surface area contributed by atoms with E-state index < -0.39 is 37.2 Å². The molecule has 1 aliphatic rings. The van der Waals surface area contributed by atoms with Gasteiger partial charge in [0.25, 0.3) is 6.43 Å². The van der Waals surface area contributed by atoms with E-state index in [9.17, 15) is 13.6 Å². The first kappa shape index (κ1) is 18.9. The minimum Gasteiger partial charge on any atom is -0.399 e. The van der Waals surface area contributed by atoms with E-state index in [-0.39, 0.29) is 6.42 Å². The van der Waals surface area contributed by atoms with Gasteiger partial charge in [0.2, 0.25) is 5.91 Å². The lowest BCUT2D eigenvalue weighted by atomic mass is 9.75. The van der Waals surface area contributed by atoms with Crippen molar-refractivity contribution in [1.29, 1.82) is 0 Å². The Labute approximate surface area is 142 Å². The van der Waals surface area contributed by atoms with E-state index in [1.165, 1.54) is 0 Å². The maximum Gasteiger partial charge on any atom is 0.495 e. The number of nitrogens with one attached hydrogen (secondary N) is 1. The van der Waals surface area contributed by atoms with Gasteiger partial charge in [-0.05, 0) is 45.6 Å². The molecule has 0 unspecified atom stereocenters. The Hall–Kier alpha value is -1.47. The summed E-state index contributed by atoms with van der Waals surface area (Å²) in [6.07, 6.45) is -2.47. The molecule has 24 heavy (non-hydrogen) atoms. The smallest absolute Gasteiger partial charge is 0.399 e. The largest absolute Gasteiger partial charge is 0.495 e. The van der Waals surface area contributed by atoms with E-state index in [2.05, 4.69) is 5.32 Å². The molecule has 0 atom stereocenters. The number of benzene rings is 1. The molecule has 132 valence electrons. The molecule has 0 saturated carbocycles. The number of aryl methyl sites for hydroxylation is 1. The van der Waals surface area contributed by atoms with Crippen molar-refractivity contribution in [3.63, 3.8) is 0 Å². The lowest BCUT2D eigenvalue weighted by Crippen LogP contribution is -2.41. The summed E-state index contributed by atoms with van der Waals surface area (Å²) >= 11 is 0.